The van der Waals surface area contributed by atoms with Crippen LogP contribution in [0.4, 0.5) is 5.69 Å². The highest BCUT2D eigenvalue weighted by Crippen LogP contribution is 2.61. The molecule has 2 aromatic rings. The maximum atomic E-state index is 13.4. The molecule has 136 valence electrons. The number of para-hydroxylation sites is 1. The summed E-state index contributed by atoms with van der Waals surface area (Å²) in [5.74, 6) is 0.125. The van der Waals surface area contributed by atoms with Gasteiger partial charge in [-0.15, -0.1) is 0 Å². The van der Waals surface area contributed by atoms with Crippen LogP contribution in [-0.2, 0) is 13.6 Å². The van der Waals surface area contributed by atoms with Crippen LogP contribution < -0.4 is 10.1 Å². The lowest BCUT2D eigenvalue weighted by Crippen LogP contribution is -2.16. The van der Waals surface area contributed by atoms with E-state index in [1.807, 2.05) is 69.3 Å². The molecule has 0 bridgehead atoms. The predicted octanol–water partition coefficient (Wildman–Crippen LogP) is 5.38. The molecule has 1 N–H and O–H groups in total. The van der Waals surface area contributed by atoms with Crippen molar-refractivity contribution >= 4 is 13.3 Å². The Bertz CT molecular complexity index is 708. The summed E-state index contributed by atoms with van der Waals surface area (Å²) in [5, 5.41) is 3.36. The number of aryl methyl sites for hydroxylation is 1. The molecule has 0 saturated carbocycles. The van der Waals surface area contributed by atoms with Crippen molar-refractivity contribution < 1.29 is 18.3 Å². The summed E-state index contributed by atoms with van der Waals surface area (Å²) in [4.78, 5) is 0. The average molecular weight is 363 g/mol. The zero-order valence-electron chi connectivity index (χ0n) is 15.2. The smallest absolute Gasteiger partial charge is 0.357 e. The largest absolute Gasteiger partial charge is 0.497 e. The van der Waals surface area contributed by atoms with Gasteiger partial charge in [0.15, 0.2) is 5.78 Å². The summed E-state index contributed by atoms with van der Waals surface area (Å²) in [6.45, 7) is 6.23. The van der Waals surface area contributed by atoms with Crippen molar-refractivity contribution in [1.82, 2.24) is 0 Å². The lowest BCUT2D eigenvalue weighted by Gasteiger charge is -2.28. The maximum Gasteiger partial charge on any atom is 0.357 e. The summed E-state index contributed by atoms with van der Waals surface area (Å²) in [6, 6.07) is 15.3. The minimum atomic E-state index is -3.41. The molecule has 0 saturated heterocycles. The van der Waals surface area contributed by atoms with Gasteiger partial charge in [0.05, 0.1) is 20.3 Å². The Kier molecular flexibility index (Phi) is 7.06. The van der Waals surface area contributed by atoms with Gasteiger partial charge >= 0.3 is 7.60 Å². The quantitative estimate of drug-likeness (QED) is 0.606. The van der Waals surface area contributed by atoms with Crippen LogP contribution >= 0.6 is 7.60 Å². The van der Waals surface area contributed by atoms with Gasteiger partial charge in [-0.1, -0.05) is 30.3 Å². The molecule has 0 aliphatic heterocycles. The molecule has 5 nitrogen and oxygen atoms in total. The highest BCUT2D eigenvalue weighted by molar-refractivity contribution is 7.54. The van der Waals surface area contributed by atoms with E-state index < -0.39 is 13.4 Å². The molecule has 2 rings (SSSR count). The van der Waals surface area contributed by atoms with Crippen LogP contribution in [0.15, 0.2) is 48.5 Å². The molecule has 1 unspecified atom stereocenters. The van der Waals surface area contributed by atoms with Gasteiger partial charge < -0.3 is 19.1 Å². The first-order chi connectivity index (χ1) is 12.0. The average Bonchev–Trinajstić information content (AvgIpc) is 2.61. The number of benzene rings is 2. The highest BCUT2D eigenvalue weighted by atomic mass is 31.2. The van der Waals surface area contributed by atoms with Crippen molar-refractivity contribution in [2.45, 2.75) is 26.6 Å². The fourth-order valence-corrected chi connectivity index (χ4v) is 4.49. The van der Waals surface area contributed by atoms with Gasteiger partial charge in [0.2, 0.25) is 0 Å². The molecule has 0 heterocycles. The zero-order chi connectivity index (χ0) is 18.3. The Labute approximate surface area is 149 Å². The number of rotatable bonds is 9. The summed E-state index contributed by atoms with van der Waals surface area (Å²) in [7, 11) is -1.80. The van der Waals surface area contributed by atoms with Crippen LogP contribution in [0.3, 0.4) is 0 Å². The van der Waals surface area contributed by atoms with E-state index in [2.05, 4.69) is 5.32 Å². The fraction of sp³-hybridized carbons (Fsp3) is 0.368. The first-order valence-electron chi connectivity index (χ1n) is 8.39. The van der Waals surface area contributed by atoms with Crippen LogP contribution in [0, 0.1) is 6.92 Å². The second-order valence-corrected chi connectivity index (χ2v) is 7.62. The Balaban J connectivity index is 2.45. The summed E-state index contributed by atoms with van der Waals surface area (Å²) in [6.07, 6.45) is 0. The van der Waals surface area contributed by atoms with Crippen molar-refractivity contribution in [3.63, 3.8) is 0 Å². The molecule has 0 radical (unpaired) electrons. The van der Waals surface area contributed by atoms with Gasteiger partial charge in [0, 0.05) is 5.69 Å². The van der Waals surface area contributed by atoms with Crippen LogP contribution in [0.25, 0.3) is 0 Å². The zero-order valence-corrected chi connectivity index (χ0v) is 16.1. The van der Waals surface area contributed by atoms with E-state index in [1.54, 1.807) is 7.11 Å². The molecule has 25 heavy (non-hydrogen) atoms. The lowest BCUT2D eigenvalue weighted by atomic mass is 10.1. The van der Waals surface area contributed by atoms with E-state index in [-0.39, 0.29) is 0 Å². The molecule has 0 aromatic heterocycles. The molecule has 0 fully saturated rings. The van der Waals surface area contributed by atoms with Gasteiger partial charge in [-0.2, -0.15) is 0 Å². The van der Waals surface area contributed by atoms with E-state index in [0.717, 1.165) is 22.6 Å². The molecule has 0 amide bonds. The minimum absolute atomic E-state index is 0.305. The second-order valence-electron chi connectivity index (χ2n) is 5.51. The second kappa shape index (κ2) is 9.04. The van der Waals surface area contributed by atoms with Crippen molar-refractivity contribution in [3.8, 4) is 5.75 Å². The number of methoxy groups -OCH3 is 1. The maximum absolute atomic E-state index is 13.4. The van der Waals surface area contributed by atoms with Crippen molar-refractivity contribution in [2.24, 2.45) is 0 Å². The summed E-state index contributed by atoms with van der Waals surface area (Å²) < 4.78 is 29.9. The van der Waals surface area contributed by atoms with Crippen LogP contribution in [0.1, 0.15) is 30.8 Å². The van der Waals surface area contributed by atoms with Crippen molar-refractivity contribution in [3.05, 3.63) is 59.7 Å². The Morgan fingerprint density at radius 1 is 1.00 bits per heavy atom. The SMILES string of the molecule is CCOP(=O)(OCC)C(Nc1ccccc1C)c1ccc(OC)cc1. The predicted molar refractivity (Wildman–Crippen MR) is 101 cm³/mol. The van der Waals surface area contributed by atoms with Crippen molar-refractivity contribution in [1.29, 1.82) is 0 Å². The van der Waals surface area contributed by atoms with Gasteiger partial charge in [0.1, 0.15) is 5.75 Å². The first kappa shape index (κ1) is 19.5. The van der Waals surface area contributed by atoms with E-state index in [9.17, 15) is 4.57 Å². The number of hydrogen-bond acceptors (Lipinski definition) is 5. The number of nitrogens with one attached hydrogen (secondary N) is 1. The third-order valence-electron chi connectivity index (χ3n) is 3.80. The van der Waals surface area contributed by atoms with E-state index in [0.29, 0.717) is 13.2 Å². The van der Waals surface area contributed by atoms with E-state index in [4.69, 9.17) is 13.8 Å². The molecular weight excluding hydrogens is 337 g/mol. The molecule has 0 aliphatic carbocycles. The molecule has 1 atom stereocenters. The fourth-order valence-electron chi connectivity index (χ4n) is 2.56. The summed E-state index contributed by atoms with van der Waals surface area (Å²) >= 11 is 0. The van der Waals surface area contributed by atoms with Gasteiger partial charge in [0.25, 0.3) is 0 Å². The van der Waals surface area contributed by atoms with Crippen molar-refractivity contribution in [2.75, 3.05) is 25.6 Å². The van der Waals surface area contributed by atoms with Crippen LogP contribution in [0.2, 0.25) is 0 Å². The molecular formula is C19H26NO4P. The Hall–Kier alpha value is -1.81. The van der Waals surface area contributed by atoms with Gasteiger partial charge in [-0.05, 0) is 50.1 Å². The monoisotopic (exact) mass is 363 g/mol. The van der Waals surface area contributed by atoms with E-state index >= 15 is 0 Å². The van der Waals surface area contributed by atoms with Gasteiger partial charge in [-0.25, -0.2) is 0 Å². The third-order valence-corrected chi connectivity index (χ3v) is 6.10. The lowest BCUT2D eigenvalue weighted by molar-refractivity contribution is 0.214. The molecule has 6 heteroatoms. The number of anilines is 1. The third kappa shape index (κ3) is 4.85. The normalized spacial score (nSPS) is 12.6. The first-order valence-corrected chi connectivity index (χ1v) is 10.00. The molecule has 2 aromatic carbocycles. The Morgan fingerprint density at radius 3 is 2.12 bits per heavy atom. The number of ether oxygens (including phenoxy) is 1. The van der Waals surface area contributed by atoms with Gasteiger partial charge in [-0.3, -0.25) is 4.57 Å². The topological polar surface area (TPSA) is 56.8 Å². The Morgan fingerprint density at radius 2 is 1.60 bits per heavy atom. The molecule has 0 spiro atoms. The number of hydrogen-bond donors (Lipinski definition) is 1. The molecule has 0 aliphatic rings. The standard InChI is InChI=1S/C19H26NO4P/c1-5-23-25(21,24-6-2)19(16-11-13-17(22-4)14-12-16)20-18-10-8-7-9-15(18)3/h7-14,19-20H,5-6H2,1-4H3. The van der Waals surface area contributed by atoms with E-state index in [1.165, 1.54) is 0 Å². The highest BCUT2D eigenvalue weighted by Gasteiger charge is 2.37. The van der Waals surface area contributed by atoms with Crippen LogP contribution in [0.5, 0.6) is 5.75 Å². The minimum Gasteiger partial charge on any atom is -0.497 e. The van der Waals surface area contributed by atoms with Crippen LogP contribution in [-0.4, -0.2) is 20.3 Å². The summed E-state index contributed by atoms with van der Waals surface area (Å²) in [5.41, 5.74) is 2.76.